The molecular formula is C12H21N5. The molecule has 0 aromatic carbocycles. The Bertz CT molecular complexity index is 400. The van der Waals surface area contributed by atoms with E-state index in [1.165, 1.54) is 0 Å². The van der Waals surface area contributed by atoms with Gasteiger partial charge in [-0.3, -0.25) is 5.41 Å². The Hall–Kier alpha value is -1.65. The minimum atomic E-state index is -0.0163. The van der Waals surface area contributed by atoms with Crippen molar-refractivity contribution in [3.05, 3.63) is 17.5 Å². The van der Waals surface area contributed by atoms with Gasteiger partial charge in [-0.2, -0.15) is 0 Å². The molecule has 0 atom stereocenters. The third-order valence-corrected chi connectivity index (χ3v) is 2.37. The van der Waals surface area contributed by atoms with Crippen LogP contribution in [0.2, 0.25) is 0 Å². The second-order valence-electron chi connectivity index (χ2n) is 4.54. The van der Waals surface area contributed by atoms with E-state index in [1.54, 1.807) is 6.07 Å². The molecule has 0 unspecified atom stereocenters. The van der Waals surface area contributed by atoms with Gasteiger partial charge < -0.3 is 10.6 Å². The molecule has 1 rings (SSSR count). The number of nitrogens with zero attached hydrogens (tertiary/aromatic N) is 3. The molecular weight excluding hydrogens is 214 g/mol. The molecule has 1 aromatic heterocycles. The first kappa shape index (κ1) is 13.4. The Morgan fingerprint density at radius 1 is 1.47 bits per heavy atom. The van der Waals surface area contributed by atoms with Gasteiger partial charge in [0.05, 0.1) is 0 Å². The molecule has 0 saturated carbocycles. The Balaban J connectivity index is 3.06. The standard InChI is InChI=1S/C12H21N5/c1-5-17(7-8(2)3)12-15-9(4)6-10(16-12)11(13)14/h6,8H,5,7H2,1-4H3,(H3,13,14). The number of aryl methyl sites for hydroxylation is 1. The van der Waals surface area contributed by atoms with E-state index < -0.39 is 0 Å². The van der Waals surface area contributed by atoms with Crippen molar-refractivity contribution in [1.82, 2.24) is 9.97 Å². The van der Waals surface area contributed by atoms with Crippen LogP contribution >= 0.6 is 0 Å². The molecule has 5 nitrogen and oxygen atoms in total. The maximum atomic E-state index is 7.44. The molecule has 1 aromatic rings. The Morgan fingerprint density at radius 3 is 2.59 bits per heavy atom. The first-order valence-corrected chi connectivity index (χ1v) is 5.89. The summed E-state index contributed by atoms with van der Waals surface area (Å²) in [5.74, 6) is 1.18. The fraction of sp³-hybridized carbons (Fsp3) is 0.583. The van der Waals surface area contributed by atoms with Crippen molar-refractivity contribution in [2.24, 2.45) is 11.7 Å². The quantitative estimate of drug-likeness (QED) is 0.599. The van der Waals surface area contributed by atoms with E-state index >= 15 is 0 Å². The number of hydrogen-bond acceptors (Lipinski definition) is 4. The van der Waals surface area contributed by atoms with Crippen molar-refractivity contribution in [3.8, 4) is 0 Å². The molecule has 3 N–H and O–H groups in total. The van der Waals surface area contributed by atoms with Gasteiger partial charge >= 0.3 is 0 Å². The van der Waals surface area contributed by atoms with E-state index in [1.807, 2.05) is 6.92 Å². The second-order valence-corrected chi connectivity index (χ2v) is 4.54. The summed E-state index contributed by atoms with van der Waals surface area (Å²) in [4.78, 5) is 10.8. The normalized spacial score (nSPS) is 10.6. The van der Waals surface area contributed by atoms with Crippen LogP contribution in [0, 0.1) is 18.3 Å². The van der Waals surface area contributed by atoms with Gasteiger partial charge in [0.1, 0.15) is 11.5 Å². The molecule has 0 fully saturated rings. The van der Waals surface area contributed by atoms with Crippen LogP contribution in [0.5, 0.6) is 0 Å². The summed E-state index contributed by atoms with van der Waals surface area (Å²) in [6.07, 6.45) is 0. The van der Waals surface area contributed by atoms with Crippen LogP contribution in [-0.4, -0.2) is 28.9 Å². The molecule has 0 bridgehead atoms. The fourth-order valence-electron chi connectivity index (χ4n) is 1.63. The van der Waals surface area contributed by atoms with E-state index in [-0.39, 0.29) is 5.84 Å². The molecule has 94 valence electrons. The summed E-state index contributed by atoms with van der Waals surface area (Å²) in [6, 6.07) is 1.73. The van der Waals surface area contributed by atoms with Crippen molar-refractivity contribution in [3.63, 3.8) is 0 Å². The molecule has 0 radical (unpaired) electrons. The minimum Gasteiger partial charge on any atom is -0.382 e. The zero-order valence-corrected chi connectivity index (χ0v) is 11.0. The molecule has 0 saturated heterocycles. The van der Waals surface area contributed by atoms with Gasteiger partial charge in [0.2, 0.25) is 5.95 Å². The van der Waals surface area contributed by atoms with E-state index in [2.05, 4.69) is 35.6 Å². The highest BCUT2D eigenvalue weighted by Crippen LogP contribution is 2.12. The number of anilines is 1. The van der Waals surface area contributed by atoms with Crippen LogP contribution in [0.15, 0.2) is 6.07 Å². The lowest BCUT2D eigenvalue weighted by Crippen LogP contribution is -2.30. The Morgan fingerprint density at radius 2 is 2.12 bits per heavy atom. The van der Waals surface area contributed by atoms with Crippen LogP contribution in [0.25, 0.3) is 0 Å². The lowest BCUT2D eigenvalue weighted by Gasteiger charge is -2.23. The molecule has 0 amide bonds. The molecule has 1 heterocycles. The third kappa shape index (κ3) is 3.69. The number of hydrogen-bond donors (Lipinski definition) is 2. The number of aromatic nitrogens is 2. The summed E-state index contributed by atoms with van der Waals surface area (Å²) < 4.78 is 0. The minimum absolute atomic E-state index is 0.0163. The van der Waals surface area contributed by atoms with E-state index in [9.17, 15) is 0 Å². The Labute approximate surface area is 103 Å². The second kappa shape index (κ2) is 5.61. The van der Waals surface area contributed by atoms with Gasteiger partial charge in [0, 0.05) is 18.8 Å². The summed E-state index contributed by atoms with van der Waals surface area (Å²) in [5.41, 5.74) is 6.80. The maximum Gasteiger partial charge on any atom is 0.226 e. The maximum absolute atomic E-state index is 7.44. The van der Waals surface area contributed by atoms with Gasteiger partial charge in [-0.15, -0.1) is 0 Å². The number of nitrogens with one attached hydrogen (secondary N) is 1. The smallest absolute Gasteiger partial charge is 0.226 e. The molecule has 17 heavy (non-hydrogen) atoms. The van der Waals surface area contributed by atoms with E-state index in [4.69, 9.17) is 11.1 Å². The predicted octanol–water partition coefficient (Wildman–Crippen LogP) is 1.55. The van der Waals surface area contributed by atoms with Crippen LogP contribution in [0.4, 0.5) is 5.95 Å². The van der Waals surface area contributed by atoms with E-state index in [0.29, 0.717) is 17.6 Å². The zero-order chi connectivity index (χ0) is 13.0. The summed E-state index contributed by atoms with van der Waals surface area (Å²) >= 11 is 0. The average molecular weight is 235 g/mol. The number of amidine groups is 1. The average Bonchev–Trinajstić information content (AvgIpc) is 2.24. The predicted molar refractivity (Wildman–Crippen MR) is 70.5 cm³/mol. The molecule has 0 aliphatic heterocycles. The first-order chi connectivity index (χ1) is 7.93. The van der Waals surface area contributed by atoms with Crippen molar-refractivity contribution >= 4 is 11.8 Å². The number of rotatable bonds is 5. The summed E-state index contributed by atoms with van der Waals surface area (Å²) in [5, 5.41) is 7.44. The summed E-state index contributed by atoms with van der Waals surface area (Å²) in [6.45, 7) is 10.0. The van der Waals surface area contributed by atoms with Crippen molar-refractivity contribution < 1.29 is 0 Å². The van der Waals surface area contributed by atoms with Crippen molar-refractivity contribution in [2.45, 2.75) is 27.7 Å². The lowest BCUT2D eigenvalue weighted by atomic mass is 10.2. The van der Waals surface area contributed by atoms with Crippen LogP contribution < -0.4 is 10.6 Å². The van der Waals surface area contributed by atoms with E-state index in [0.717, 1.165) is 18.8 Å². The number of nitrogen functional groups attached to an aromatic ring is 1. The fourth-order valence-corrected chi connectivity index (χ4v) is 1.63. The van der Waals surface area contributed by atoms with Crippen LogP contribution in [-0.2, 0) is 0 Å². The molecule has 0 aliphatic carbocycles. The van der Waals surface area contributed by atoms with Crippen LogP contribution in [0.1, 0.15) is 32.2 Å². The lowest BCUT2D eigenvalue weighted by molar-refractivity contribution is 0.608. The monoisotopic (exact) mass is 235 g/mol. The number of nitrogens with two attached hydrogens (primary N) is 1. The molecule has 0 aliphatic rings. The summed E-state index contributed by atoms with van der Waals surface area (Å²) in [7, 11) is 0. The first-order valence-electron chi connectivity index (χ1n) is 5.89. The highest BCUT2D eigenvalue weighted by atomic mass is 15.2. The van der Waals surface area contributed by atoms with Crippen LogP contribution in [0.3, 0.4) is 0 Å². The Kier molecular flexibility index (Phi) is 4.43. The van der Waals surface area contributed by atoms with Crippen molar-refractivity contribution in [2.75, 3.05) is 18.0 Å². The largest absolute Gasteiger partial charge is 0.382 e. The van der Waals surface area contributed by atoms with Gasteiger partial charge in [-0.1, -0.05) is 13.8 Å². The van der Waals surface area contributed by atoms with Gasteiger partial charge in [-0.05, 0) is 25.8 Å². The zero-order valence-electron chi connectivity index (χ0n) is 11.0. The van der Waals surface area contributed by atoms with Gasteiger partial charge in [-0.25, -0.2) is 9.97 Å². The van der Waals surface area contributed by atoms with Gasteiger partial charge in [0.25, 0.3) is 0 Å². The third-order valence-electron chi connectivity index (χ3n) is 2.37. The molecule has 0 spiro atoms. The van der Waals surface area contributed by atoms with Gasteiger partial charge in [0.15, 0.2) is 0 Å². The van der Waals surface area contributed by atoms with Crippen molar-refractivity contribution in [1.29, 1.82) is 5.41 Å². The molecule has 5 heteroatoms. The highest BCUT2D eigenvalue weighted by Gasteiger charge is 2.12. The topological polar surface area (TPSA) is 78.9 Å². The highest BCUT2D eigenvalue weighted by molar-refractivity contribution is 5.93. The SMILES string of the molecule is CCN(CC(C)C)c1nc(C)cc(C(=N)N)n1.